The van der Waals surface area contributed by atoms with Crippen molar-refractivity contribution in [3.63, 3.8) is 0 Å². The number of fused-ring (bicyclic) bond motifs is 1. The Morgan fingerprint density at radius 3 is 2.71 bits per heavy atom. The van der Waals surface area contributed by atoms with Crippen molar-refractivity contribution in [2.24, 2.45) is 0 Å². The highest BCUT2D eigenvalue weighted by Gasteiger charge is 2.17. The summed E-state index contributed by atoms with van der Waals surface area (Å²) in [5.41, 5.74) is 4.49. The fourth-order valence-corrected chi connectivity index (χ4v) is 4.85. The molecule has 2 aromatic heterocycles. The molecule has 0 atom stereocenters. The number of anilines is 1. The van der Waals surface area contributed by atoms with E-state index in [9.17, 15) is 4.79 Å². The maximum Gasteiger partial charge on any atom is 0.234 e. The minimum absolute atomic E-state index is 0.0898. The average Bonchev–Trinajstić information content (AvgIpc) is 3.19. The van der Waals surface area contributed by atoms with Crippen LogP contribution in [0.4, 0.5) is 5.69 Å². The number of thiazole rings is 1. The second-order valence-corrected chi connectivity index (χ2v) is 9.05. The molecule has 0 aliphatic carbocycles. The van der Waals surface area contributed by atoms with Crippen molar-refractivity contribution in [3.05, 3.63) is 59.1 Å². The number of hydrogen-bond donors (Lipinski definition) is 1. The van der Waals surface area contributed by atoms with Crippen LogP contribution in [-0.2, 0) is 11.2 Å². The zero-order valence-electron chi connectivity index (χ0n) is 17.5. The third-order valence-electron chi connectivity index (χ3n) is 4.72. The third-order valence-corrected chi connectivity index (χ3v) is 6.65. The van der Waals surface area contributed by atoms with Gasteiger partial charge in [-0.1, -0.05) is 43.0 Å². The van der Waals surface area contributed by atoms with Crippen molar-refractivity contribution in [3.8, 4) is 17.0 Å². The maximum absolute atomic E-state index is 12.4. The smallest absolute Gasteiger partial charge is 0.234 e. The highest BCUT2D eigenvalue weighted by atomic mass is 32.2. The number of aromatic nitrogens is 3. The monoisotopic (exact) mass is 450 g/mol. The summed E-state index contributed by atoms with van der Waals surface area (Å²) in [6, 6.07) is 15.6. The van der Waals surface area contributed by atoms with E-state index in [1.165, 1.54) is 17.3 Å². The fraction of sp³-hybridized carbons (Fsp3) is 0.217. The Kier molecular flexibility index (Phi) is 6.48. The lowest BCUT2D eigenvalue weighted by Gasteiger charge is -2.07. The van der Waals surface area contributed by atoms with E-state index in [-0.39, 0.29) is 11.7 Å². The molecule has 4 rings (SSSR count). The molecule has 0 bridgehead atoms. The number of thioether (sulfide) groups is 1. The zero-order chi connectivity index (χ0) is 21.8. The number of hydrogen-bond acceptors (Lipinski definition) is 7. The molecule has 1 N–H and O–H groups in total. The number of carbonyl (C=O) groups excluding carboxylic acids is 1. The number of benzene rings is 2. The highest BCUT2D eigenvalue weighted by Crippen LogP contribution is 2.36. The third kappa shape index (κ3) is 4.86. The Hall–Kier alpha value is -2.97. The Balaban J connectivity index is 1.53. The predicted octanol–water partition coefficient (Wildman–Crippen LogP) is 5.36. The molecule has 0 aliphatic rings. The summed E-state index contributed by atoms with van der Waals surface area (Å²) in [6.07, 6.45) is 0.970. The van der Waals surface area contributed by atoms with E-state index in [1.807, 2.05) is 55.5 Å². The van der Waals surface area contributed by atoms with Crippen LogP contribution >= 0.6 is 23.1 Å². The maximum atomic E-state index is 12.4. The summed E-state index contributed by atoms with van der Waals surface area (Å²) in [5.74, 6) is 0.901. The minimum Gasteiger partial charge on any atom is -0.497 e. The first-order chi connectivity index (χ1) is 15.1. The van der Waals surface area contributed by atoms with Crippen LogP contribution in [0.1, 0.15) is 17.5 Å². The van der Waals surface area contributed by atoms with Gasteiger partial charge >= 0.3 is 0 Å². The quantitative estimate of drug-likeness (QED) is 0.382. The molecule has 0 aliphatic heterocycles. The summed E-state index contributed by atoms with van der Waals surface area (Å²) in [6.45, 7) is 4.06. The molecule has 2 heterocycles. The zero-order valence-corrected chi connectivity index (χ0v) is 19.1. The van der Waals surface area contributed by atoms with E-state index >= 15 is 0 Å². The average molecular weight is 451 g/mol. The van der Waals surface area contributed by atoms with Gasteiger partial charge in [0.25, 0.3) is 0 Å². The lowest BCUT2D eigenvalue weighted by molar-refractivity contribution is -0.113. The predicted molar refractivity (Wildman–Crippen MR) is 127 cm³/mol. The van der Waals surface area contributed by atoms with Crippen LogP contribution in [0.2, 0.25) is 0 Å². The molecule has 6 nitrogen and oxygen atoms in total. The van der Waals surface area contributed by atoms with Gasteiger partial charge in [-0.15, -0.1) is 21.5 Å². The summed E-state index contributed by atoms with van der Waals surface area (Å²) >= 11 is 2.92. The van der Waals surface area contributed by atoms with Crippen LogP contribution in [0.25, 0.3) is 21.5 Å². The molecule has 8 heteroatoms. The molecule has 0 fully saturated rings. The van der Waals surface area contributed by atoms with Gasteiger partial charge in [-0.2, -0.15) is 0 Å². The normalized spacial score (nSPS) is 10.9. The molecule has 0 saturated carbocycles. The summed E-state index contributed by atoms with van der Waals surface area (Å²) in [4.78, 5) is 17.1. The number of nitrogens with one attached hydrogen (secondary N) is 1. The van der Waals surface area contributed by atoms with Crippen molar-refractivity contribution < 1.29 is 9.53 Å². The molecule has 0 saturated heterocycles. The lowest BCUT2D eigenvalue weighted by atomic mass is 10.1. The van der Waals surface area contributed by atoms with Crippen LogP contribution in [0, 0.1) is 6.92 Å². The van der Waals surface area contributed by atoms with Crippen LogP contribution in [-0.4, -0.2) is 34.0 Å². The van der Waals surface area contributed by atoms with Gasteiger partial charge in [0.2, 0.25) is 5.91 Å². The van der Waals surface area contributed by atoms with Gasteiger partial charge in [0.1, 0.15) is 22.0 Å². The molecular weight excluding hydrogens is 428 g/mol. The standard InChI is InChI=1S/C23H22N4O2S2/c1-4-15-8-10-17(11-9-15)25-19(28)13-30-23-21-22(31-14(2)24-21)20(26-27-23)16-6-5-7-18(12-16)29-3/h5-12H,4,13H2,1-3H3,(H,25,28). The topological polar surface area (TPSA) is 77.0 Å². The van der Waals surface area contributed by atoms with Crippen LogP contribution in [0.5, 0.6) is 5.75 Å². The molecule has 0 unspecified atom stereocenters. The summed E-state index contributed by atoms with van der Waals surface area (Å²) in [7, 11) is 1.64. The van der Waals surface area contributed by atoms with Gasteiger partial charge in [0, 0.05) is 11.3 Å². The van der Waals surface area contributed by atoms with E-state index in [0.29, 0.717) is 5.03 Å². The molecule has 158 valence electrons. The molecular formula is C23H22N4O2S2. The van der Waals surface area contributed by atoms with E-state index < -0.39 is 0 Å². The van der Waals surface area contributed by atoms with E-state index in [0.717, 1.165) is 44.3 Å². The molecule has 1 amide bonds. The molecule has 0 spiro atoms. The van der Waals surface area contributed by atoms with Gasteiger partial charge in [-0.25, -0.2) is 4.98 Å². The van der Waals surface area contributed by atoms with Crippen molar-refractivity contribution in [2.45, 2.75) is 25.3 Å². The number of aryl methyl sites for hydroxylation is 2. The van der Waals surface area contributed by atoms with Gasteiger partial charge in [0.15, 0.2) is 0 Å². The number of amides is 1. The van der Waals surface area contributed by atoms with Crippen LogP contribution in [0.3, 0.4) is 0 Å². The van der Waals surface area contributed by atoms with E-state index in [1.54, 1.807) is 18.4 Å². The van der Waals surface area contributed by atoms with Crippen molar-refractivity contribution in [1.82, 2.24) is 15.2 Å². The van der Waals surface area contributed by atoms with Gasteiger partial charge < -0.3 is 10.1 Å². The number of methoxy groups -OCH3 is 1. The van der Waals surface area contributed by atoms with Crippen molar-refractivity contribution in [2.75, 3.05) is 18.2 Å². The number of nitrogens with zero attached hydrogens (tertiary/aromatic N) is 3. The number of ether oxygens (including phenoxy) is 1. The Morgan fingerprint density at radius 1 is 1.16 bits per heavy atom. The number of carbonyl (C=O) groups is 1. The molecule has 2 aromatic carbocycles. The minimum atomic E-state index is -0.0898. The highest BCUT2D eigenvalue weighted by molar-refractivity contribution is 8.00. The van der Waals surface area contributed by atoms with Crippen LogP contribution in [0.15, 0.2) is 53.6 Å². The van der Waals surface area contributed by atoms with E-state index in [4.69, 9.17) is 4.74 Å². The van der Waals surface area contributed by atoms with Crippen molar-refractivity contribution >= 4 is 44.9 Å². The first-order valence-corrected chi connectivity index (χ1v) is 11.7. The van der Waals surface area contributed by atoms with Gasteiger partial charge in [-0.05, 0) is 43.2 Å². The second-order valence-electron chi connectivity index (χ2n) is 6.88. The first-order valence-electron chi connectivity index (χ1n) is 9.87. The Morgan fingerprint density at radius 2 is 1.97 bits per heavy atom. The fourth-order valence-electron chi connectivity index (χ4n) is 3.13. The molecule has 4 aromatic rings. The summed E-state index contributed by atoms with van der Waals surface area (Å²) in [5, 5.41) is 13.4. The van der Waals surface area contributed by atoms with Gasteiger partial charge in [0.05, 0.1) is 22.6 Å². The first kappa shape index (κ1) is 21.3. The second kappa shape index (κ2) is 9.45. The lowest BCUT2D eigenvalue weighted by Crippen LogP contribution is -2.14. The Bertz CT molecular complexity index is 1220. The largest absolute Gasteiger partial charge is 0.497 e. The molecule has 0 radical (unpaired) electrons. The number of rotatable bonds is 7. The molecule has 31 heavy (non-hydrogen) atoms. The SMILES string of the molecule is CCc1ccc(NC(=O)CSc2nnc(-c3cccc(OC)c3)c3sc(C)nc23)cc1. The summed E-state index contributed by atoms with van der Waals surface area (Å²) < 4.78 is 6.29. The Labute approximate surface area is 189 Å². The van der Waals surface area contributed by atoms with Crippen LogP contribution < -0.4 is 10.1 Å². The van der Waals surface area contributed by atoms with E-state index in [2.05, 4.69) is 27.4 Å². The van der Waals surface area contributed by atoms with Gasteiger partial charge in [-0.3, -0.25) is 4.79 Å². The van der Waals surface area contributed by atoms with Crippen molar-refractivity contribution in [1.29, 1.82) is 0 Å².